The van der Waals surface area contributed by atoms with Gasteiger partial charge in [-0.3, -0.25) is 9.59 Å². The van der Waals surface area contributed by atoms with Gasteiger partial charge >= 0.3 is 0 Å². The first-order valence-electron chi connectivity index (χ1n) is 8.15. The van der Waals surface area contributed by atoms with Crippen molar-refractivity contribution in [2.45, 2.75) is 19.3 Å². The van der Waals surface area contributed by atoms with E-state index in [1.54, 1.807) is 11.3 Å². The van der Waals surface area contributed by atoms with Crippen LogP contribution in [0.25, 0.3) is 20.4 Å². The highest BCUT2D eigenvalue weighted by Gasteiger charge is 2.19. The minimum absolute atomic E-state index is 0.205. The van der Waals surface area contributed by atoms with Crippen LogP contribution in [0.2, 0.25) is 0 Å². The molecule has 0 unspecified atom stereocenters. The Bertz CT molecular complexity index is 962. The van der Waals surface area contributed by atoms with Gasteiger partial charge in [0.15, 0.2) is 5.82 Å². The second-order valence-corrected chi connectivity index (χ2v) is 6.99. The van der Waals surface area contributed by atoms with Gasteiger partial charge in [0, 0.05) is 36.1 Å². The monoisotopic (exact) mass is 342 g/mol. The smallest absolute Gasteiger partial charge is 0.291 e. The maximum Gasteiger partial charge on any atom is 0.291 e. The van der Waals surface area contributed by atoms with E-state index in [9.17, 15) is 9.59 Å². The lowest BCUT2D eigenvalue weighted by molar-refractivity contribution is -0.127. The van der Waals surface area contributed by atoms with Crippen molar-refractivity contribution in [1.29, 1.82) is 0 Å². The zero-order valence-corrected chi connectivity index (χ0v) is 14.0. The summed E-state index contributed by atoms with van der Waals surface area (Å²) in [6.45, 7) is 2.20. The summed E-state index contributed by atoms with van der Waals surface area (Å²) in [5, 5.41) is 4.13. The van der Waals surface area contributed by atoms with E-state index in [2.05, 4.69) is 15.3 Å². The normalized spacial score (nSPS) is 14.8. The molecule has 124 valence electrons. The third-order valence-electron chi connectivity index (χ3n) is 4.31. The number of hydrogen-bond donors (Lipinski definition) is 2. The number of amides is 1. The van der Waals surface area contributed by atoms with Gasteiger partial charge in [0.25, 0.3) is 5.56 Å². The van der Waals surface area contributed by atoms with Crippen molar-refractivity contribution in [3.63, 3.8) is 0 Å². The molecule has 0 saturated carbocycles. The number of thiophene rings is 1. The molecule has 2 aromatic heterocycles. The Kier molecular flexibility index (Phi) is 3.93. The van der Waals surface area contributed by atoms with E-state index in [4.69, 9.17) is 0 Å². The summed E-state index contributed by atoms with van der Waals surface area (Å²) < 4.78 is 1.11. The molecular formula is C17H18N4O2S. The highest BCUT2D eigenvalue weighted by molar-refractivity contribution is 7.25. The van der Waals surface area contributed by atoms with E-state index < -0.39 is 0 Å². The predicted octanol–water partition coefficient (Wildman–Crippen LogP) is 2.56. The first-order chi connectivity index (χ1) is 11.7. The Hall–Kier alpha value is -2.41. The molecule has 6 nitrogen and oxygen atoms in total. The van der Waals surface area contributed by atoms with Crippen LogP contribution in [0, 0.1) is 0 Å². The van der Waals surface area contributed by atoms with Crippen LogP contribution in [-0.4, -0.2) is 40.4 Å². The number of benzene rings is 1. The summed E-state index contributed by atoms with van der Waals surface area (Å²) in [6, 6.07) is 7.96. The third kappa shape index (κ3) is 2.75. The molecule has 0 atom stereocenters. The minimum Gasteiger partial charge on any atom is -0.365 e. The molecule has 24 heavy (non-hydrogen) atoms. The predicted molar refractivity (Wildman–Crippen MR) is 96.7 cm³/mol. The molecule has 1 fully saturated rings. The van der Waals surface area contributed by atoms with E-state index in [1.807, 2.05) is 29.2 Å². The number of aromatic nitrogens is 2. The molecule has 0 radical (unpaired) electrons. The fraction of sp³-hybridized carbons (Fsp3) is 0.353. The number of likely N-dealkylation sites (tertiary alicyclic amines) is 1. The quantitative estimate of drug-likeness (QED) is 0.699. The van der Waals surface area contributed by atoms with Crippen LogP contribution in [-0.2, 0) is 4.79 Å². The maximum absolute atomic E-state index is 12.2. The third-order valence-corrected chi connectivity index (χ3v) is 5.38. The number of H-pyrrole nitrogens is 1. The molecule has 1 amide bonds. The van der Waals surface area contributed by atoms with Gasteiger partial charge in [-0.1, -0.05) is 18.2 Å². The van der Waals surface area contributed by atoms with Crippen LogP contribution >= 0.6 is 11.3 Å². The molecule has 2 N–H and O–H groups in total. The average molecular weight is 342 g/mol. The van der Waals surface area contributed by atoms with E-state index in [-0.39, 0.29) is 11.5 Å². The maximum atomic E-state index is 12.2. The van der Waals surface area contributed by atoms with Gasteiger partial charge in [-0.05, 0) is 18.9 Å². The minimum atomic E-state index is -0.205. The highest BCUT2D eigenvalue weighted by Crippen LogP contribution is 2.30. The van der Waals surface area contributed by atoms with Crippen LogP contribution in [0.15, 0.2) is 29.1 Å². The number of carbonyl (C=O) groups is 1. The fourth-order valence-corrected chi connectivity index (χ4v) is 4.13. The van der Waals surface area contributed by atoms with Gasteiger partial charge in [0.05, 0.1) is 5.52 Å². The molecule has 3 heterocycles. The SMILES string of the molecule is O=C1CCCN1CCCNc1nc2sc3ccccc3c2[nH]c1=O. The second kappa shape index (κ2) is 6.24. The number of aromatic amines is 1. The number of hydrogen-bond acceptors (Lipinski definition) is 5. The highest BCUT2D eigenvalue weighted by atomic mass is 32.1. The van der Waals surface area contributed by atoms with E-state index in [0.717, 1.165) is 46.4 Å². The Morgan fingerprint density at radius 2 is 2.17 bits per heavy atom. The second-order valence-electron chi connectivity index (χ2n) is 5.96. The zero-order valence-electron chi connectivity index (χ0n) is 13.2. The van der Waals surface area contributed by atoms with Gasteiger partial charge in [-0.15, -0.1) is 11.3 Å². The lowest BCUT2D eigenvalue weighted by Crippen LogP contribution is -2.27. The van der Waals surface area contributed by atoms with Crippen molar-refractivity contribution in [2.75, 3.05) is 25.0 Å². The van der Waals surface area contributed by atoms with Crippen molar-refractivity contribution in [1.82, 2.24) is 14.9 Å². The Balaban J connectivity index is 1.48. The molecule has 0 aliphatic carbocycles. The van der Waals surface area contributed by atoms with Crippen LogP contribution in [0.4, 0.5) is 5.82 Å². The lowest BCUT2D eigenvalue weighted by atomic mass is 10.2. The number of fused-ring (bicyclic) bond motifs is 3. The number of nitrogens with zero attached hydrogens (tertiary/aromatic N) is 2. The molecular weight excluding hydrogens is 324 g/mol. The molecule has 1 aliphatic rings. The summed E-state index contributed by atoms with van der Waals surface area (Å²) >= 11 is 1.57. The van der Waals surface area contributed by atoms with Crippen LogP contribution in [0.5, 0.6) is 0 Å². The Morgan fingerprint density at radius 3 is 3.00 bits per heavy atom. The van der Waals surface area contributed by atoms with E-state index in [1.165, 1.54) is 0 Å². The molecule has 1 aliphatic heterocycles. The Morgan fingerprint density at radius 1 is 1.29 bits per heavy atom. The molecule has 0 bridgehead atoms. The topological polar surface area (TPSA) is 78.1 Å². The van der Waals surface area contributed by atoms with Crippen molar-refractivity contribution < 1.29 is 4.79 Å². The fourth-order valence-electron chi connectivity index (χ4n) is 3.09. The molecule has 1 aromatic carbocycles. The van der Waals surface area contributed by atoms with Crippen molar-refractivity contribution in [3.05, 3.63) is 34.6 Å². The summed E-state index contributed by atoms with van der Waals surface area (Å²) in [7, 11) is 0. The zero-order chi connectivity index (χ0) is 16.5. The van der Waals surface area contributed by atoms with Crippen LogP contribution in [0.1, 0.15) is 19.3 Å². The first kappa shape index (κ1) is 15.1. The number of carbonyl (C=O) groups excluding carboxylic acids is 1. The van der Waals surface area contributed by atoms with Crippen LogP contribution < -0.4 is 10.9 Å². The molecule has 7 heteroatoms. The lowest BCUT2D eigenvalue weighted by Gasteiger charge is -2.15. The Labute approximate surface area is 142 Å². The van der Waals surface area contributed by atoms with E-state index >= 15 is 0 Å². The average Bonchev–Trinajstić information content (AvgIpc) is 3.15. The summed E-state index contributed by atoms with van der Waals surface area (Å²) in [4.78, 5) is 33.9. The van der Waals surface area contributed by atoms with Gasteiger partial charge < -0.3 is 15.2 Å². The molecule has 4 rings (SSSR count). The standard InChI is InChI=1S/C17H18N4O2S/c22-13-7-3-9-21(13)10-4-8-18-15-16(23)19-14-11-5-1-2-6-12(11)24-17(14)20-15/h1-2,5-6H,3-4,7-10H2,(H,18,20)(H,19,23). The molecule has 3 aromatic rings. The van der Waals surface area contributed by atoms with Gasteiger partial charge in [-0.25, -0.2) is 4.98 Å². The van der Waals surface area contributed by atoms with Gasteiger partial charge in [-0.2, -0.15) is 0 Å². The summed E-state index contributed by atoms with van der Waals surface area (Å²) in [5.74, 6) is 0.583. The molecule has 1 saturated heterocycles. The van der Waals surface area contributed by atoms with Crippen LogP contribution in [0.3, 0.4) is 0 Å². The van der Waals surface area contributed by atoms with E-state index in [0.29, 0.717) is 18.8 Å². The van der Waals surface area contributed by atoms with Gasteiger partial charge in [0.1, 0.15) is 4.83 Å². The number of rotatable bonds is 5. The number of nitrogens with one attached hydrogen (secondary N) is 2. The summed E-state index contributed by atoms with van der Waals surface area (Å²) in [5.41, 5.74) is 0.595. The van der Waals surface area contributed by atoms with Gasteiger partial charge in [0.2, 0.25) is 5.91 Å². The summed E-state index contributed by atoms with van der Waals surface area (Å²) in [6.07, 6.45) is 2.42. The van der Waals surface area contributed by atoms with Crippen molar-refractivity contribution >= 4 is 43.5 Å². The largest absolute Gasteiger partial charge is 0.365 e. The number of anilines is 1. The first-order valence-corrected chi connectivity index (χ1v) is 8.97. The van der Waals surface area contributed by atoms with Crippen molar-refractivity contribution in [3.8, 4) is 0 Å². The van der Waals surface area contributed by atoms with Crippen molar-refractivity contribution in [2.24, 2.45) is 0 Å². The molecule has 0 spiro atoms.